The van der Waals surface area contributed by atoms with Gasteiger partial charge in [0.1, 0.15) is 0 Å². The van der Waals surface area contributed by atoms with Gasteiger partial charge in [0.2, 0.25) is 0 Å². The molecule has 1 heteroatoms. The van der Waals surface area contributed by atoms with Crippen LogP contribution in [0.2, 0.25) is 0 Å². The zero-order chi connectivity index (χ0) is 10.3. The van der Waals surface area contributed by atoms with Crippen LogP contribution in [0.5, 0.6) is 0 Å². The highest BCUT2D eigenvalue weighted by Crippen LogP contribution is 2.46. The van der Waals surface area contributed by atoms with Gasteiger partial charge in [0.25, 0.3) is 0 Å². The normalized spacial score (nSPS) is 23.5. The van der Waals surface area contributed by atoms with E-state index in [0.717, 1.165) is 5.92 Å². The van der Waals surface area contributed by atoms with E-state index in [2.05, 4.69) is 24.3 Å². The lowest BCUT2D eigenvalue weighted by atomic mass is 9.77. The predicted molar refractivity (Wildman–Crippen MR) is 60.7 cm³/mol. The molecule has 2 saturated carbocycles. The average Bonchev–Trinajstić information content (AvgIpc) is 2.98. The molecule has 0 heterocycles. The van der Waals surface area contributed by atoms with Crippen LogP contribution in [0.4, 0.5) is 0 Å². The van der Waals surface area contributed by atoms with E-state index in [1.807, 2.05) is 0 Å². The van der Waals surface area contributed by atoms with Crippen molar-refractivity contribution in [3.8, 4) is 0 Å². The first-order chi connectivity index (χ1) is 7.36. The molecule has 0 spiro atoms. The summed E-state index contributed by atoms with van der Waals surface area (Å²) < 4.78 is 0. The smallest absolute Gasteiger partial charge is 0.0820 e. The Labute approximate surface area is 91.1 Å². The number of aliphatic hydroxyl groups excluding tert-OH is 1. The molecule has 80 valence electrons. The lowest BCUT2D eigenvalue weighted by molar-refractivity contribution is 0.0614. The molecular weight excluding hydrogens is 184 g/mol. The van der Waals surface area contributed by atoms with Gasteiger partial charge in [-0.3, -0.25) is 0 Å². The van der Waals surface area contributed by atoms with Crippen LogP contribution in [0.1, 0.15) is 55.3 Å². The summed E-state index contributed by atoms with van der Waals surface area (Å²) in [4.78, 5) is 0. The first-order valence-electron chi connectivity index (χ1n) is 6.13. The van der Waals surface area contributed by atoms with Crippen LogP contribution in [-0.4, -0.2) is 5.11 Å². The Morgan fingerprint density at radius 1 is 1.07 bits per heavy atom. The fourth-order valence-corrected chi connectivity index (χ4v) is 2.56. The van der Waals surface area contributed by atoms with Gasteiger partial charge in [0.05, 0.1) is 6.10 Å². The molecule has 0 bridgehead atoms. The van der Waals surface area contributed by atoms with Crippen LogP contribution < -0.4 is 0 Å². The summed E-state index contributed by atoms with van der Waals surface area (Å²) in [5.74, 6) is 1.28. The lowest BCUT2D eigenvalue weighted by Crippen LogP contribution is -2.20. The Morgan fingerprint density at radius 2 is 1.80 bits per heavy atom. The van der Waals surface area contributed by atoms with Gasteiger partial charge in [0.15, 0.2) is 0 Å². The zero-order valence-electron chi connectivity index (χ0n) is 9.02. The van der Waals surface area contributed by atoms with Crippen LogP contribution in [0.25, 0.3) is 0 Å². The fraction of sp³-hybridized carbons (Fsp3) is 0.571. The summed E-state index contributed by atoms with van der Waals surface area (Å²) in [7, 11) is 0. The molecule has 2 aliphatic carbocycles. The molecule has 1 N–H and O–H groups in total. The van der Waals surface area contributed by atoms with Crippen molar-refractivity contribution >= 4 is 0 Å². The third-order valence-electron chi connectivity index (χ3n) is 3.93. The summed E-state index contributed by atoms with van der Waals surface area (Å²) in [6.45, 7) is 0. The molecule has 2 aliphatic rings. The highest BCUT2D eigenvalue weighted by Gasteiger charge is 2.32. The fourth-order valence-electron chi connectivity index (χ4n) is 2.56. The number of hydrogen-bond acceptors (Lipinski definition) is 1. The number of aliphatic hydroxyl groups is 1. The molecule has 0 radical (unpaired) electrons. The van der Waals surface area contributed by atoms with Gasteiger partial charge < -0.3 is 5.11 Å². The van der Waals surface area contributed by atoms with Gasteiger partial charge in [0, 0.05) is 0 Å². The standard InChI is InChI=1S/C14H18O/c15-14(11-4-3-5-11)13-7-2-1-6-12(13)10-8-9-10/h1-2,6-7,10-11,14-15H,3-5,8-9H2. The van der Waals surface area contributed by atoms with E-state index in [9.17, 15) is 5.11 Å². The van der Waals surface area contributed by atoms with Gasteiger partial charge in [-0.15, -0.1) is 0 Å². The summed E-state index contributed by atoms with van der Waals surface area (Å²) in [5.41, 5.74) is 2.63. The van der Waals surface area contributed by atoms with Gasteiger partial charge >= 0.3 is 0 Å². The van der Waals surface area contributed by atoms with E-state index in [-0.39, 0.29) is 6.10 Å². The third-order valence-corrected chi connectivity index (χ3v) is 3.93. The summed E-state index contributed by atoms with van der Waals surface area (Å²) in [6.07, 6.45) is 6.15. The Hall–Kier alpha value is -0.820. The Balaban J connectivity index is 1.88. The van der Waals surface area contributed by atoms with Crippen molar-refractivity contribution in [3.63, 3.8) is 0 Å². The SMILES string of the molecule is OC(c1ccccc1C1CC1)C1CCC1. The second kappa shape index (κ2) is 3.64. The van der Waals surface area contributed by atoms with Crippen LogP contribution >= 0.6 is 0 Å². The molecular formula is C14H18O. The van der Waals surface area contributed by atoms with Crippen molar-refractivity contribution < 1.29 is 5.11 Å². The molecule has 15 heavy (non-hydrogen) atoms. The maximum Gasteiger partial charge on any atom is 0.0820 e. The van der Waals surface area contributed by atoms with E-state index in [4.69, 9.17) is 0 Å². The Bertz CT molecular complexity index is 350. The van der Waals surface area contributed by atoms with Gasteiger partial charge in [-0.2, -0.15) is 0 Å². The summed E-state index contributed by atoms with van der Waals surface area (Å²) >= 11 is 0. The van der Waals surface area contributed by atoms with E-state index in [1.165, 1.54) is 43.2 Å². The van der Waals surface area contributed by atoms with Crippen LogP contribution in [0, 0.1) is 5.92 Å². The van der Waals surface area contributed by atoms with Gasteiger partial charge in [-0.25, -0.2) is 0 Å². The van der Waals surface area contributed by atoms with E-state index in [1.54, 1.807) is 0 Å². The molecule has 0 aromatic heterocycles. The van der Waals surface area contributed by atoms with Gasteiger partial charge in [-0.05, 0) is 48.6 Å². The van der Waals surface area contributed by atoms with Crippen molar-refractivity contribution in [2.45, 2.75) is 44.1 Å². The van der Waals surface area contributed by atoms with E-state index in [0.29, 0.717) is 5.92 Å². The number of hydrogen-bond donors (Lipinski definition) is 1. The largest absolute Gasteiger partial charge is 0.388 e. The van der Waals surface area contributed by atoms with Crippen molar-refractivity contribution in [2.24, 2.45) is 5.92 Å². The minimum absolute atomic E-state index is 0.199. The topological polar surface area (TPSA) is 20.2 Å². The van der Waals surface area contributed by atoms with Crippen molar-refractivity contribution in [1.82, 2.24) is 0 Å². The third kappa shape index (κ3) is 1.69. The molecule has 1 aromatic rings. The quantitative estimate of drug-likeness (QED) is 0.796. The Kier molecular flexibility index (Phi) is 2.28. The van der Waals surface area contributed by atoms with Crippen LogP contribution in [-0.2, 0) is 0 Å². The lowest BCUT2D eigenvalue weighted by Gasteiger charge is -2.31. The van der Waals surface area contributed by atoms with E-state index >= 15 is 0 Å². The van der Waals surface area contributed by atoms with Crippen LogP contribution in [0.15, 0.2) is 24.3 Å². The van der Waals surface area contributed by atoms with Crippen molar-refractivity contribution in [1.29, 1.82) is 0 Å². The molecule has 1 unspecified atom stereocenters. The molecule has 1 aromatic carbocycles. The monoisotopic (exact) mass is 202 g/mol. The van der Waals surface area contributed by atoms with E-state index < -0.39 is 0 Å². The second-order valence-electron chi connectivity index (χ2n) is 5.04. The molecule has 0 aliphatic heterocycles. The van der Waals surface area contributed by atoms with Crippen molar-refractivity contribution in [3.05, 3.63) is 35.4 Å². The molecule has 0 amide bonds. The predicted octanol–water partition coefficient (Wildman–Crippen LogP) is 3.40. The maximum atomic E-state index is 10.3. The minimum Gasteiger partial charge on any atom is -0.388 e. The molecule has 3 rings (SSSR count). The first-order valence-corrected chi connectivity index (χ1v) is 6.13. The van der Waals surface area contributed by atoms with Crippen LogP contribution in [0.3, 0.4) is 0 Å². The highest BCUT2D eigenvalue weighted by molar-refractivity contribution is 5.35. The number of benzene rings is 1. The molecule has 1 nitrogen and oxygen atoms in total. The zero-order valence-corrected chi connectivity index (χ0v) is 9.02. The highest BCUT2D eigenvalue weighted by atomic mass is 16.3. The summed E-state index contributed by atoms with van der Waals surface area (Å²) in [5, 5.41) is 10.3. The average molecular weight is 202 g/mol. The van der Waals surface area contributed by atoms with Crippen molar-refractivity contribution in [2.75, 3.05) is 0 Å². The Morgan fingerprint density at radius 3 is 2.40 bits per heavy atom. The molecule has 0 saturated heterocycles. The number of rotatable bonds is 3. The van der Waals surface area contributed by atoms with Gasteiger partial charge in [-0.1, -0.05) is 30.7 Å². The molecule has 2 fully saturated rings. The molecule has 1 atom stereocenters. The second-order valence-corrected chi connectivity index (χ2v) is 5.04. The maximum absolute atomic E-state index is 10.3. The first kappa shape index (κ1) is 9.41. The minimum atomic E-state index is -0.199. The summed E-state index contributed by atoms with van der Waals surface area (Å²) in [6, 6.07) is 8.49.